The molecule has 133 valence electrons. The Bertz CT molecular complexity index is 407. The van der Waals surface area contributed by atoms with Gasteiger partial charge < -0.3 is 0 Å². The van der Waals surface area contributed by atoms with Gasteiger partial charge in [-0.25, -0.2) is 13.2 Å². The zero-order valence-electron chi connectivity index (χ0n) is 10.2. The second kappa shape index (κ2) is 5.16. The van der Waals surface area contributed by atoms with Crippen molar-refractivity contribution in [3.8, 4) is 0 Å². The summed E-state index contributed by atoms with van der Waals surface area (Å²) < 4.78 is 165. The van der Waals surface area contributed by atoms with Crippen LogP contribution in [0.25, 0.3) is 0 Å². The van der Waals surface area contributed by atoms with Crippen molar-refractivity contribution >= 4 is 10.2 Å². The van der Waals surface area contributed by atoms with Crippen LogP contribution < -0.4 is 0 Å². The lowest BCUT2D eigenvalue weighted by Crippen LogP contribution is -2.71. The molecule has 0 saturated heterocycles. The monoisotopic (exact) mass is 377 g/mol. The Labute approximate surface area is 117 Å². The fourth-order valence-electron chi connectivity index (χ4n) is 1.08. The molecule has 0 aliphatic heterocycles. The molecule has 0 spiro atoms. The average Bonchev–Trinajstić information content (AvgIpc) is 2.25. The Kier molecular flexibility index (Phi) is 5.00. The average molecular weight is 377 g/mol. The van der Waals surface area contributed by atoms with Gasteiger partial charge in [-0.2, -0.15) is 43.9 Å². The number of rotatable bonds is 6. The van der Waals surface area contributed by atoms with Crippen LogP contribution in [-0.2, 0) is 0 Å². The molecule has 0 N–H and O–H groups in total. The predicted molar refractivity (Wildman–Crippen MR) is 48.8 cm³/mol. The van der Waals surface area contributed by atoms with Gasteiger partial charge in [0.05, 0.1) is 0 Å². The Morgan fingerprint density at radius 3 is 1.09 bits per heavy atom. The number of halogens is 13. The van der Waals surface area contributed by atoms with E-state index in [-0.39, 0.29) is 0 Å². The highest BCUT2D eigenvalue weighted by atomic mass is 28.1. The normalized spacial score (nSPS) is 17.6. The molecular formula is C8H6F13Si. The highest BCUT2D eigenvalue weighted by molar-refractivity contribution is 6.14. The standard InChI is InChI=1S/C8H6F13Si/c1-2(9)3(10,11)4(12,13)5(14,15)6(16,17)7(18,19)8(20,21)22/h2H,22H2,1H3. The van der Waals surface area contributed by atoms with Gasteiger partial charge >= 0.3 is 29.6 Å². The van der Waals surface area contributed by atoms with Crippen LogP contribution in [0, 0.1) is 0 Å². The predicted octanol–water partition coefficient (Wildman–Crippen LogP) is 3.75. The molecule has 0 rings (SSSR count). The molecule has 22 heavy (non-hydrogen) atoms. The van der Waals surface area contributed by atoms with Gasteiger partial charge in [0.15, 0.2) is 6.17 Å². The molecular weight excluding hydrogens is 371 g/mol. The van der Waals surface area contributed by atoms with Gasteiger partial charge in [0, 0.05) is 0 Å². The Balaban J connectivity index is 6.24. The molecule has 0 aliphatic rings. The van der Waals surface area contributed by atoms with Crippen molar-refractivity contribution in [1.82, 2.24) is 0 Å². The first-order valence-electron chi connectivity index (χ1n) is 4.96. The van der Waals surface area contributed by atoms with E-state index in [0.29, 0.717) is 0 Å². The molecule has 0 aromatic rings. The lowest BCUT2D eigenvalue weighted by atomic mass is 9.92. The lowest BCUT2D eigenvalue weighted by molar-refractivity contribution is -0.421. The van der Waals surface area contributed by atoms with Gasteiger partial charge in [0.1, 0.15) is 10.2 Å². The van der Waals surface area contributed by atoms with Crippen LogP contribution in [0.3, 0.4) is 0 Å². The molecule has 1 radical (unpaired) electrons. The summed E-state index contributed by atoms with van der Waals surface area (Å²) in [6.07, 6.45) is -4.16. The maximum atomic E-state index is 12.9. The third-order valence-corrected chi connectivity index (χ3v) is 3.00. The first-order chi connectivity index (χ1) is 9.19. The van der Waals surface area contributed by atoms with E-state index in [4.69, 9.17) is 0 Å². The first kappa shape index (κ1) is 21.3. The lowest BCUT2D eigenvalue weighted by Gasteiger charge is -2.41. The zero-order valence-corrected chi connectivity index (χ0v) is 11.6. The number of alkyl halides is 13. The van der Waals surface area contributed by atoms with Gasteiger partial charge in [-0.05, 0) is 6.92 Å². The van der Waals surface area contributed by atoms with Crippen LogP contribution in [0.1, 0.15) is 6.92 Å². The smallest absolute Gasteiger partial charge is 0.241 e. The number of hydrogen-bond acceptors (Lipinski definition) is 0. The fraction of sp³-hybridized carbons (Fsp3) is 1.00. The summed E-state index contributed by atoms with van der Waals surface area (Å²) in [5, 5.41) is 0. The molecule has 0 heterocycles. The topological polar surface area (TPSA) is 0 Å². The van der Waals surface area contributed by atoms with E-state index in [1.54, 1.807) is 0 Å². The van der Waals surface area contributed by atoms with Crippen molar-refractivity contribution in [1.29, 1.82) is 0 Å². The highest BCUT2D eigenvalue weighted by Gasteiger charge is 2.89. The molecule has 1 atom stereocenters. The molecule has 0 fully saturated rings. The van der Waals surface area contributed by atoms with E-state index >= 15 is 0 Å². The van der Waals surface area contributed by atoms with Gasteiger partial charge in [-0.3, -0.25) is 0 Å². The molecule has 0 bridgehead atoms. The van der Waals surface area contributed by atoms with Gasteiger partial charge in [0.25, 0.3) is 5.55 Å². The summed E-state index contributed by atoms with van der Waals surface area (Å²) >= 11 is 0. The third-order valence-electron chi connectivity index (χ3n) is 2.56. The zero-order chi connectivity index (χ0) is 18.6. The van der Waals surface area contributed by atoms with E-state index in [1.165, 1.54) is 0 Å². The Morgan fingerprint density at radius 2 is 0.864 bits per heavy atom. The third kappa shape index (κ3) is 2.56. The SMILES string of the molecule is CC(F)C(F)(F)C(F)(F)C(F)(F)C(F)(F)C(F)(F)C(F)(F)[SiH2]. The maximum Gasteiger partial charge on any atom is 0.384 e. The number of hydrogen-bond donors (Lipinski definition) is 0. The minimum Gasteiger partial charge on any atom is -0.241 e. The van der Waals surface area contributed by atoms with Crippen molar-refractivity contribution in [2.24, 2.45) is 0 Å². The van der Waals surface area contributed by atoms with E-state index in [1.807, 2.05) is 0 Å². The fourth-order valence-corrected chi connectivity index (χ4v) is 1.31. The molecule has 0 aromatic heterocycles. The van der Waals surface area contributed by atoms with Crippen molar-refractivity contribution in [3.05, 3.63) is 0 Å². The highest BCUT2D eigenvalue weighted by Crippen LogP contribution is 2.60. The van der Waals surface area contributed by atoms with Crippen LogP contribution in [0.5, 0.6) is 0 Å². The summed E-state index contributed by atoms with van der Waals surface area (Å²) in [5.74, 6) is -36.3. The second-order valence-corrected chi connectivity index (χ2v) is 5.13. The van der Waals surface area contributed by atoms with Crippen molar-refractivity contribution < 1.29 is 57.1 Å². The van der Waals surface area contributed by atoms with E-state index in [2.05, 4.69) is 0 Å². The summed E-state index contributed by atoms with van der Waals surface area (Å²) in [6.45, 7) is -0.434. The minimum atomic E-state index is -7.68. The summed E-state index contributed by atoms with van der Waals surface area (Å²) in [5.41, 5.74) is -5.94. The molecule has 14 heteroatoms. The molecule has 0 amide bonds. The van der Waals surface area contributed by atoms with Crippen molar-refractivity contribution in [2.45, 2.75) is 48.3 Å². The van der Waals surface area contributed by atoms with Crippen LogP contribution in [0.4, 0.5) is 57.1 Å². The van der Waals surface area contributed by atoms with E-state index in [0.717, 1.165) is 0 Å². The second-order valence-electron chi connectivity index (χ2n) is 4.24. The van der Waals surface area contributed by atoms with Crippen molar-refractivity contribution in [2.75, 3.05) is 0 Å². The Hall–Kier alpha value is -0.693. The van der Waals surface area contributed by atoms with Crippen LogP contribution in [0.15, 0.2) is 0 Å². The van der Waals surface area contributed by atoms with Gasteiger partial charge in [-0.1, -0.05) is 0 Å². The summed E-state index contributed by atoms with van der Waals surface area (Å²) in [7, 11) is -1.24. The van der Waals surface area contributed by atoms with Gasteiger partial charge in [0.2, 0.25) is 0 Å². The van der Waals surface area contributed by atoms with E-state index < -0.39 is 58.5 Å². The van der Waals surface area contributed by atoms with Crippen molar-refractivity contribution in [3.63, 3.8) is 0 Å². The molecule has 0 aromatic carbocycles. The quantitative estimate of drug-likeness (QED) is 0.489. The molecule has 0 aliphatic carbocycles. The van der Waals surface area contributed by atoms with Crippen LogP contribution >= 0.6 is 0 Å². The Morgan fingerprint density at radius 1 is 0.591 bits per heavy atom. The van der Waals surface area contributed by atoms with E-state index in [9.17, 15) is 57.1 Å². The summed E-state index contributed by atoms with van der Waals surface area (Å²) in [4.78, 5) is 0. The van der Waals surface area contributed by atoms with Crippen LogP contribution in [0.2, 0.25) is 0 Å². The molecule has 0 saturated carbocycles. The summed E-state index contributed by atoms with van der Waals surface area (Å²) in [6, 6.07) is 0. The largest absolute Gasteiger partial charge is 0.384 e. The van der Waals surface area contributed by atoms with Crippen LogP contribution in [-0.4, -0.2) is 51.6 Å². The molecule has 0 nitrogen and oxygen atoms in total. The minimum absolute atomic E-state index is 0.434. The van der Waals surface area contributed by atoms with Gasteiger partial charge in [-0.15, -0.1) is 0 Å². The first-order valence-corrected chi connectivity index (χ1v) is 5.66. The molecule has 1 unspecified atom stereocenters. The maximum absolute atomic E-state index is 12.9.